The minimum absolute atomic E-state index is 0.276. The van der Waals surface area contributed by atoms with E-state index in [2.05, 4.69) is 25.9 Å². The van der Waals surface area contributed by atoms with Crippen LogP contribution in [-0.2, 0) is 6.54 Å². The van der Waals surface area contributed by atoms with E-state index < -0.39 is 0 Å². The number of benzene rings is 2. The van der Waals surface area contributed by atoms with E-state index in [1.165, 1.54) is 6.20 Å². The molecule has 0 radical (unpaired) electrons. The fourth-order valence-corrected chi connectivity index (χ4v) is 3.16. The number of anilines is 2. The first-order valence-electron chi connectivity index (χ1n) is 10.5. The molecule has 34 heavy (non-hydrogen) atoms. The number of aromatic nitrogens is 2. The van der Waals surface area contributed by atoms with Crippen molar-refractivity contribution in [2.45, 2.75) is 6.54 Å². The molecule has 3 N–H and O–H groups in total. The third-order valence-electron chi connectivity index (χ3n) is 4.85. The minimum atomic E-state index is -0.372. The Labute approximate surface area is 196 Å². The molecule has 0 aliphatic heterocycles. The number of hydrogen-bond donors (Lipinski definition) is 3. The quantitative estimate of drug-likeness (QED) is 0.394. The topological polar surface area (TPSA) is 113 Å². The minimum Gasteiger partial charge on any atom is -0.346 e. The predicted octanol–water partition coefficient (Wildman–Crippen LogP) is 3.91. The summed E-state index contributed by atoms with van der Waals surface area (Å²) in [5.74, 6) is -0.972. The van der Waals surface area contributed by atoms with Crippen molar-refractivity contribution in [3.63, 3.8) is 0 Å². The Morgan fingerprint density at radius 3 is 1.91 bits per heavy atom. The molecular weight excluding hydrogens is 430 g/mol. The lowest BCUT2D eigenvalue weighted by Gasteiger charge is -2.10. The summed E-state index contributed by atoms with van der Waals surface area (Å²) >= 11 is 0. The Hall–Kier alpha value is -4.85. The maximum Gasteiger partial charge on any atom is 0.257 e. The number of carbonyl (C=O) groups is 3. The number of amides is 3. The Morgan fingerprint density at radius 2 is 1.29 bits per heavy atom. The normalized spacial score (nSPS) is 10.2. The van der Waals surface area contributed by atoms with Crippen molar-refractivity contribution in [2.24, 2.45) is 0 Å². The molecule has 2 heterocycles. The van der Waals surface area contributed by atoms with Crippen LogP contribution in [0.2, 0.25) is 0 Å². The number of carbonyl (C=O) groups excluding carboxylic acids is 3. The van der Waals surface area contributed by atoms with Crippen molar-refractivity contribution < 1.29 is 14.4 Å². The van der Waals surface area contributed by atoms with Crippen molar-refractivity contribution >= 4 is 29.1 Å². The van der Waals surface area contributed by atoms with Crippen LogP contribution in [0.25, 0.3) is 0 Å². The van der Waals surface area contributed by atoms with Crippen molar-refractivity contribution in [3.05, 3.63) is 120 Å². The predicted molar refractivity (Wildman–Crippen MR) is 128 cm³/mol. The first-order valence-corrected chi connectivity index (χ1v) is 10.5. The molecule has 0 fully saturated rings. The van der Waals surface area contributed by atoms with Gasteiger partial charge in [-0.25, -0.2) is 0 Å². The lowest BCUT2D eigenvalue weighted by molar-refractivity contribution is 0.0948. The van der Waals surface area contributed by atoms with Crippen LogP contribution in [0.5, 0.6) is 0 Å². The molecular formula is C26H21N5O3. The van der Waals surface area contributed by atoms with Crippen LogP contribution in [0.1, 0.15) is 36.8 Å². The average molecular weight is 451 g/mol. The first-order chi connectivity index (χ1) is 16.6. The summed E-state index contributed by atoms with van der Waals surface area (Å²) in [6, 6.07) is 22.0. The largest absolute Gasteiger partial charge is 0.346 e. The second-order valence-corrected chi connectivity index (χ2v) is 7.32. The van der Waals surface area contributed by atoms with Crippen molar-refractivity contribution in [1.29, 1.82) is 0 Å². The number of rotatable bonds is 7. The lowest BCUT2D eigenvalue weighted by atomic mass is 10.1. The third-order valence-corrected chi connectivity index (χ3v) is 4.85. The first kappa shape index (κ1) is 22.3. The molecule has 0 unspecified atom stereocenters. The van der Waals surface area contributed by atoms with E-state index in [-0.39, 0.29) is 17.7 Å². The van der Waals surface area contributed by atoms with Gasteiger partial charge in [-0.05, 0) is 60.7 Å². The smallest absolute Gasteiger partial charge is 0.257 e. The highest BCUT2D eigenvalue weighted by Crippen LogP contribution is 2.16. The van der Waals surface area contributed by atoms with Crippen LogP contribution in [-0.4, -0.2) is 27.7 Å². The molecule has 0 aliphatic rings. The number of nitrogens with zero attached hydrogens (tertiary/aromatic N) is 2. The van der Waals surface area contributed by atoms with E-state index in [9.17, 15) is 14.4 Å². The van der Waals surface area contributed by atoms with E-state index in [1.807, 2.05) is 18.2 Å². The fraction of sp³-hybridized carbons (Fsp3) is 0.0385. The molecule has 0 atom stereocenters. The van der Waals surface area contributed by atoms with Crippen molar-refractivity contribution in [3.8, 4) is 0 Å². The monoisotopic (exact) mass is 451 g/mol. The molecule has 8 nitrogen and oxygen atoms in total. The molecule has 3 amide bonds. The molecule has 4 rings (SSSR count). The zero-order valence-electron chi connectivity index (χ0n) is 18.1. The maximum absolute atomic E-state index is 12.8. The molecule has 2 aromatic carbocycles. The van der Waals surface area contributed by atoms with Gasteiger partial charge in [0.15, 0.2) is 0 Å². The van der Waals surface area contributed by atoms with Crippen LogP contribution in [0.15, 0.2) is 97.5 Å². The van der Waals surface area contributed by atoms with Gasteiger partial charge in [-0.3, -0.25) is 24.4 Å². The van der Waals surface area contributed by atoms with Crippen molar-refractivity contribution in [2.75, 3.05) is 10.6 Å². The SMILES string of the molecule is O=C(NCc1ccccn1)c1cccc(NC(=O)c2cccc(NC(=O)c3cccnc3)c2)c1. The van der Waals surface area contributed by atoms with Gasteiger partial charge in [-0.2, -0.15) is 0 Å². The summed E-state index contributed by atoms with van der Waals surface area (Å²) in [4.78, 5) is 45.7. The van der Waals surface area contributed by atoms with Crippen LogP contribution in [0.3, 0.4) is 0 Å². The summed E-state index contributed by atoms with van der Waals surface area (Å²) in [6.45, 7) is 0.299. The maximum atomic E-state index is 12.8. The number of hydrogen-bond acceptors (Lipinski definition) is 5. The van der Waals surface area contributed by atoms with Crippen LogP contribution >= 0.6 is 0 Å². The van der Waals surface area contributed by atoms with Gasteiger partial charge in [0, 0.05) is 41.1 Å². The fourth-order valence-electron chi connectivity index (χ4n) is 3.16. The second-order valence-electron chi connectivity index (χ2n) is 7.32. The van der Waals surface area contributed by atoms with E-state index in [0.717, 1.165) is 5.69 Å². The summed E-state index contributed by atoms with van der Waals surface area (Å²) in [7, 11) is 0. The van der Waals surface area contributed by atoms with Gasteiger partial charge in [0.2, 0.25) is 0 Å². The highest BCUT2D eigenvalue weighted by molar-refractivity contribution is 6.07. The zero-order valence-corrected chi connectivity index (χ0v) is 18.1. The molecule has 4 aromatic rings. The molecule has 2 aromatic heterocycles. The number of pyridine rings is 2. The van der Waals surface area contributed by atoms with Gasteiger partial charge >= 0.3 is 0 Å². The standard InChI is InChI=1S/C26H21N5O3/c32-24(29-17-23-9-1-2-13-28-23)18-6-3-10-21(14-18)30-25(33)19-7-4-11-22(15-19)31-26(34)20-8-5-12-27-16-20/h1-16H,17H2,(H,29,32)(H,30,33)(H,31,34). The van der Waals surface area contributed by atoms with Gasteiger partial charge in [-0.1, -0.05) is 18.2 Å². The van der Waals surface area contributed by atoms with Gasteiger partial charge in [-0.15, -0.1) is 0 Å². The van der Waals surface area contributed by atoms with E-state index in [1.54, 1.807) is 73.1 Å². The Bertz CT molecular complexity index is 1310. The molecule has 0 saturated carbocycles. The van der Waals surface area contributed by atoms with E-state index in [4.69, 9.17) is 0 Å². The third kappa shape index (κ3) is 5.89. The average Bonchev–Trinajstić information content (AvgIpc) is 2.88. The second kappa shape index (κ2) is 10.6. The lowest BCUT2D eigenvalue weighted by Crippen LogP contribution is -2.23. The Morgan fingerprint density at radius 1 is 0.647 bits per heavy atom. The van der Waals surface area contributed by atoms with Gasteiger partial charge in [0.1, 0.15) is 0 Å². The summed E-state index contributed by atoms with van der Waals surface area (Å²) in [5, 5.41) is 8.35. The zero-order chi connectivity index (χ0) is 23.8. The molecule has 8 heteroatoms. The van der Waals surface area contributed by atoms with E-state index in [0.29, 0.717) is 34.6 Å². The molecule has 0 aliphatic carbocycles. The van der Waals surface area contributed by atoms with Gasteiger partial charge in [0.05, 0.1) is 17.8 Å². The summed E-state index contributed by atoms with van der Waals surface area (Å²) in [5.41, 5.74) is 2.87. The summed E-state index contributed by atoms with van der Waals surface area (Å²) < 4.78 is 0. The van der Waals surface area contributed by atoms with Gasteiger partial charge < -0.3 is 16.0 Å². The van der Waals surface area contributed by atoms with E-state index >= 15 is 0 Å². The van der Waals surface area contributed by atoms with Crippen LogP contribution < -0.4 is 16.0 Å². The molecule has 0 saturated heterocycles. The highest BCUT2D eigenvalue weighted by atomic mass is 16.2. The molecule has 0 spiro atoms. The highest BCUT2D eigenvalue weighted by Gasteiger charge is 2.12. The van der Waals surface area contributed by atoms with Gasteiger partial charge in [0.25, 0.3) is 17.7 Å². The van der Waals surface area contributed by atoms with Crippen LogP contribution in [0.4, 0.5) is 11.4 Å². The van der Waals surface area contributed by atoms with Crippen LogP contribution in [0, 0.1) is 0 Å². The van der Waals surface area contributed by atoms with Crippen molar-refractivity contribution in [1.82, 2.24) is 15.3 Å². The Kier molecular flexibility index (Phi) is 7.00. The molecule has 168 valence electrons. The molecule has 0 bridgehead atoms. The summed E-state index contributed by atoms with van der Waals surface area (Å²) in [6.07, 6.45) is 4.71. The Balaban J connectivity index is 1.39. The number of nitrogens with one attached hydrogen (secondary N) is 3.